The summed E-state index contributed by atoms with van der Waals surface area (Å²) < 4.78 is 0. The smallest absolute Gasteiger partial charge is 0.142 e. The summed E-state index contributed by atoms with van der Waals surface area (Å²) in [4.78, 5) is 11.4. The summed E-state index contributed by atoms with van der Waals surface area (Å²) in [6.07, 6.45) is 4.23. The first-order chi connectivity index (χ1) is 8.49. The van der Waals surface area contributed by atoms with Gasteiger partial charge in [-0.1, -0.05) is 20.8 Å². The number of anilines is 1. The third-order valence-electron chi connectivity index (χ3n) is 2.77. The molecule has 0 unspecified atom stereocenters. The minimum atomic E-state index is -0.00185. The number of aliphatic hydroxyl groups excluding tert-OH is 1. The SMILES string of the molecule is CC(C)(C)C[C@@H](CO)Nc1ncnc2[nH]ccc12. The van der Waals surface area contributed by atoms with E-state index in [-0.39, 0.29) is 18.1 Å². The van der Waals surface area contributed by atoms with Crippen molar-refractivity contribution in [2.45, 2.75) is 33.2 Å². The van der Waals surface area contributed by atoms with E-state index in [9.17, 15) is 5.11 Å². The molecule has 2 aromatic heterocycles. The van der Waals surface area contributed by atoms with Gasteiger partial charge in [0, 0.05) is 6.20 Å². The second kappa shape index (κ2) is 4.94. The number of hydrogen-bond acceptors (Lipinski definition) is 4. The number of nitrogens with one attached hydrogen (secondary N) is 2. The van der Waals surface area contributed by atoms with Crippen molar-refractivity contribution in [3.8, 4) is 0 Å². The Balaban J connectivity index is 2.19. The summed E-state index contributed by atoms with van der Waals surface area (Å²) in [5.74, 6) is 0.768. The average Bonchev–Trinajstić information content (AvgIpc) is 2.75. The fourth-order valence-corrected chi connectivity index (χ4v) is 2.08. The summed E-state index contributed by atoms with van der Waals surface area (Å²) in [6, 6.07) is 1.93. The van der Waals surface area contributed by atoms with Gasteiger partial charge in [0.1, 0.15) is 17.8 Å². The molecular formula is C13H20N4O. The zero-order valence-corrected chi connectivity index (χ0v) is 11.1. The second-order valence-corrected chi connectivity index (χ2v) is 5.75. The van der Waals surface area contributed by atoms with Crippen LogP contribution in [0.2, 0.25) is 0 Å². The maximum atomic E-state index is 9.46. The van der Waals surface area contributed by atoms with Crippen molar-refractivity contribution in [1.82, 2.24) is 15.0 Å². The van der Waals surface area contributed by atoms with E-state index in [0.717, 1.165) is 23.3 Å². The zero-order valence-electron chi connectivity index (χ0n) is 11.1. The minimum Gasteiger partial charge on any atom is -0.394 e. The van der Waals surface area contributed by atoms with Crippen molar-refractivity contribution >= 4 is 16.9 Å². The lowest BCUT2D eigenvalue weighted by molar-refractivity contribution is 0.233. The lowest BCUT2D eigenvalue weighted by Crippen LogP contribution is -2.29. The number of aromatic amines is 1. The van der Waals surface area contributed by atoms with Crippen LogP contribution >= 0.6 is 0 Å². The Labute approximate surface area is 107 Å². The number of nitrogens with zero attached hydrogens (tertiary/aromatic N) is 2. The average molecular weight is 248 g/mol. The van der Waals surface area contributed by atoms with E-state index in [1.54, 1.807) is 0 Å². The van der Waals surface area contributed by atoms with Crippen LogP contribution in [0.25, 0.3) is 11.0 Å². The molecule has 0 radical (unpaired) electrons. The molecule has 0 aliphatic heterocycles. The van der Waals surface area contributed by atoms with Crippen molar-refractivity contribution in [1.29, 1.82) is 0 Å². The number of H-pyrrole nitrogens is 1. The molecule has 0 spiro atoms. The highest BCUT2D eigenvalue weighted by Gasteiger charge is 2.19. The van der Waals surface area contributed by atoms with Gasteiger partial charge in [-0.2, -0.15) is 0 Å². The fraction of sp³-hybridized carbons (Fsp3) is 0.538. The van der Waals surface area contributed by atoms with Gasteiger partial charge in [0.05, 0.1) is 18.0 Å². The van der Waals surface area contributed by atoms with Crippen LogP contribution in [0.5, 0.6) is 0 Å². The van der Waals surface area contributed by atoms with Gasteiger partial charge >= 0.3 is 0 Å². The topological polar surface area (TPSA) is 73.8 Å². The Bertz CT molecular complexity index is 515. The van der Waals surface area contributed by atoms with Crippen LogP contribution in [0, 0.1) is 5.41 Å². The molecule has 18 heavy (non-hydrogen) atoms. The van der Waals surface area contributed by atoms with Crippen molar-refractivity contribution in [2.75, 3.05) is 11.9 Å². The summed E-state index contributed by atoms with van der Waals surface area (Å²) in [6.45, 7) is 6.56. The van der Waals surface area contributed by atoms with Crippen LogP contribution in [0.15, 0.2) is 18.6 Å². The second-order valence-electron chi connectivity index (χ2n) is 5.75. The van der Waals surface area contributed by atoms with Crippen LogP contribution in [-0.4, -0.2) is 32.7 Å². The number of aromatic nitrogens is 3. The van der Waals surface area contributed by atoms with Crippen LogP contribution in [0.4, 0.5) is 5.82 Å². The lowest BCUT2D eigenvalue weighted by atomic mass is 9.88. The molecule has 0 amide bonds. The molecule has 2 aromatic rings. The third kappa shape index (κ3) is 2.98. The highest BCUT2D eigenvalue weighted by atomic mass is 16.3. The molecule has 2 heterocycles. The third-order valence-corrected chi connectivity index (χ3v) is 2.77. The summed E-state index contributed by atoms with van der Waals surface area (Å²) >= 11 is 0. The molecule has 5 nitrogen and oxygen atoms in total. The van der Waals surface area contributed by atoms with Gasteiger partial charge in [0.2, 0.25) is 0 Å². The monoisotopic (exact) mass is 248 g/mol. The molecule has 0 aromatic carbocycles. The summed E-state index contributed by atoms with van der Waals surface area (Å²) in [7, 11) is 0. The van der Waals surface area contributed by atoms with Gasteiger partial charge in [-0.3, -0.25) is 0 Å². The van der Waals surface area contributed by atoms with Gasteiger partial charge in [0.25, 0.3) is 0 Å². The maximum absolute atomic E-state index is 9.46. The highest BCUT2D eigenvalue weighted by molar-refractivity contribution is 5.86. The Hall–Kier alpha value is -1.62. The largest absolute Gasteiger partial charge is 0.394 e. The Morgan fingerprint density at radius 2 is 2.17 bits per heavy atom. The molecule has 0 saturated carbocycles. The van der Waals surface area contributed by atoms with E-state index in [1.165, 1.54) is 6.33 Å². The first kappa shape index (κ1) is 12.8. The van der Waals surface area contributed by atoms with E-state index in [0.29, 0.717) is 0 Å². The van der Waals surface area contributed by atoms with Gasteiger partial charge in [-0.05, 0) is 17.9 Å². The number of hydrogen-bond donors (Lipinski definition) is 3. The van der Waals surface area contributed by atoms with Gasteiger partial charge in [-0.25, -0.2) is 9.97 Å². The van der Waals surface area contributed by atoms with Crippen molar-refractivity contribution in [3.63, 3.8) is 0 Å². The van der Waals surface area contributed by atoms with Crippen LogP contribution in [-0.2, 0) is 0 Å². The summed E-state index contributed by atoms with van der Waals surface area (Å²) in [5, 5.41) is 13.7. The Morgan fingerprint density at radius 1 is 1.39 bits per heavy atom. The number of aliphatic hydroxyl groups is 1. The van der Waals surface area contributed by atoms with E-state index in [2.05, 4.69) is 41.0 Å². The summed E-state index contributed by atoms with van der Waals surface area (Å²) in [5.41, 5.74) is 0.963. The molecule has 3 N–H and O–H groups in total. The van der Waals surface area contributed by atoms with Crippen LogP contribution in [0.1, 0.15) is 27.2 Å². The molecule has 0 aliphatic carbocycles. The van der Waals surface area contributed by atoms with Crippen molar-refractivity contribution in [2.24, 2.45) is 5.41 Å². The Morgan fingerprint density at radius 3 is 2.83 bits per heavy atom. The maximum Gasteiger partial charge on any atom is 0.142 e. The van der Waals surface area contributed by atoms with Gasteiger partial charge < -0.3 is 15.4 Å². The predicted molar refractivity (Wildman–Crippen MR) is 72.5 cm³/mol. The molecule has 5 heteroatoms. The zero-order chi connectivity index (χ0) is 13.2. The Kier molecular flexibility index (Phi) is 3.52. The van der Waals surface area contributed by atoms with Gasteiger partial charge in [0.15, 0.2) is 0 Å². The predicted octanol–water partition coefficient (Wildman–Crippen LogP) is 2.17. The standard InChI is InChI=1S/C13H20N4O/c1-13(2,3)6-9(7-18)17-12-10-4-5-14-11(10)15-8-16-12/h4-5,8-9,18H,6-7H2,1-3H3,(H2,14,15,16,17)/t9-/m0/s1. The van der Waals surface area contributed by atoms with Crippen molar-refractivity contribution < 1.29 is 5.11 Å². The van der Waals surface area contributed by atoms with E-state index in [1.807, 2.05) is 12.3 Å². The molecule has 0 aliphatic rings. The van der Waals surface area contributed by atoms with Crippen LogP contribution < -0.4 is 5.32 Å². The van der Waals surface area contributed by atoms with E-state index < -0.39 is 0 Å². The number of fused-ring (bicyclic) bond motifs is 1. The molecule has 0 bridgehead atoms. The molecule has 2 rings (SSSR count). The molecular weight excluding hydrogens is 228 g/mol. The molecule has 1 atom stereocenters. The normalized spacial score (nSPS) is 13.8. The quantitative estimate of drug-likeness (QED) is 0.775. The molecule has 0 saturated heterocycles. The number of rotatable bonds is 4. The molecule has 98 valence electrons. The molecule has 0 fully saturated rings. The minimum absolute atomic E-state index is 0.00185. The van der Waals surface area contributed by atoms with E-state index >= 15 is 0 Å². The lowest BCUT2D eigenvalue weighted by Gasteiger charge is -2.25. The van der Waals surface area contributed by atoms with Crippen LogP contribution in [0.3, 0.4) is 0 Å². The fourth-order valence-electron chi connectivity index (χ4n) is 2.08. The van der Waals surface area contributed by atoms with Gasteiger partial charge in [-0.15, -0.1) is 0 Å². The first-order valence-corrected chi connectivity index (χ1v) is 6.15. The van der Waals surface area contributed by atoms with E-state index in [4.69, 9.17) is 0 Å². The first-order valence-electron chi connectivity index (χ1n) is 6.15. The van der Waals surface area contributed by atoms with Crippen molar-refractivity contribution in [3.05, 3.63) is 18.6 Å². The highest BCUT2D eigenvalue weighted by Crippen LogP contribution is 2.24.